The summed E-state index contributed by atoms with van der Waals surface area (Å²) < 4.78 is 23.5. The van der Waals surface area contributed by atoms with Crippen molar-refractivity contribution in [3.63, 3.8) is 0 Å². The molecule has 2 aromatic rings. The normalized spacial score (nSPS) is 13.7. The maximum Gasteiger partial charge on any atom is 0.244 e. The second-order valence-electron chi connectivity index (χ2n) is 5.40. The molecule has 0 aliphatic rings. The first-order valence-corrected chi connectivity index (χ1v) is 7.53. The van der Waals surface area contributed by atoms with Gasteiger partial charge in [-0.1, -0.05) is 6.07 Å². The second-order valence-corrected chi connectivity index (χ2v) is 5.40. The minimum absolute atomic E-state index is 0.150. The van der Waals surface area contributed by atoms with E-state index in [-0.39, 0.29) is 17.7 Å². The second kappa shape index (κ2) is 8.31. The van der Waals surface area contributed by atoms with Gasteiger partial charge in [0.15, 0.2) is 11.6 Å². The van der Waals surface area contributed by atoms with Crippen LogP contribution in [0.1, 0.15) is 30.8 Å². The van der Waals surface area contributed by atoms with Gasteiger partial charge >= 0.3 is 0 Å². The fraction of sp³-hybridized carbons (Fsp3) is 0.278. The molecule has 0 radical (unpaired) electrons. The Labute approximate surface area is 139 Å². The van der Waals surface area contributed by atoms with Gasteiger partial charge in [0.05, 0.1) is 13.4 Å². The van der Waals surface area contributed by atoms with Crippen LogP contribution in [0, 0.1) is 5.82 Å². The molecule has 0 bridgehead atoms. The third kappa shape index (κ3) is 4.96. The molecule has 1 aromatic carbocycles. The largest absolute Gasteiger partial charge is 0.494 e. The molecule has 1 aromatic heterocycles. The van der Waals surface area contributed by atoms with E-state index in [1.165, 1.54) is 37.7 Å². The summed E-state index contributed by atoms with van der Waals surface area (Å²) in [5.74, 6) is -0.210. The van der Waals surface area contributed by atoms with Crippen molar-refractivity contribution in [1.29, 1.82) is 0 Å². The zero-order chi connectivity index (χ0) is 17.5. The zero-order valence-corrected chi connectivity index (χ0v) is 13.5. The van der Waals surface area contributed by atoms with Gasteiger partial charge in [-0.3, -0.25) is 4.79 Å². The summed E-state index contributed by atoms with van der Waals surface area (Å²) in [5.41, 5.74) is 0.548. The van der Waals surface area contributed by atoms with E-state index in [0.717, 1.165) is 0 Å². The number of hydrogen-bond acceptors (Lipinski definition) is 4. The zero-order valence-electron chi connectivity index (χ0n) is 13.5. The summed E-state index contributed by atoms with van der Waals surface area (Å²) in [6, 6.07) is 7.54. The number of nitrogens with one attached hydrogen (secondary N) is 1. The van der Waals surface area contributed by atoms with Gasteiger partial charge < -0.3 is 19.6 Å². The number of halogens is 1. The lowest BCUT2D eigenvalue weighted by Crippen LogP contribution is -2.32. The van der Waals surface area contributed by atoms with Gasteiger partial charge in [0.2, 0.25) is 5.91 Å². The standard InChI is InChI=1S/C18H20FNO4/c1-12(10-15(21)17-4-3-9-24-17)20-18(22)8-6-13-5-7-16(23-2)14(19)11-13/h3-9,11-12,15,21H,10H2,1-2H3,(H,20,22)/b8-6+. The molecule has 2 atom stereocenters. The molecule has 0 fully saturated rings. The lowest BCUT2D eigenvalue weighted by Gasteiger charge is -2.15. The van der Waals surface area contributed by atoms with Crippen LogP contribution in [0.2, 0.25) is 0 Å². The molecule has 2 rings (SSSR count). The average molecular weight is 333 g/mol. The molecule has 1 amide bonds. The third-order valence-electron chi connectivity index (χ3n) is 3.44. The fourth-order valence-corrected chi connectivity index (χ4v) is 2.24. The number of ether oxygens (including phenoxy) is 1. The van der Waals surface area contributed by atoms with Crippen LogP contribution in [0.5, 0.6) is 5.75 Å². The first-order chi connectivity index (χ1) is 11.5. The van der Waals surface area contributed by atoms with Crippen molar-refractivity contribution in [2.75, 3.05) is 7.11 Å². The topological polar surface area (TPSA) is 71.7 Å². The molecule has 2 N–H and O–H groups in total. The molecule has 0 saturated carbocycles. The van der Waals surface area contributed by atoms with Crippen LogP contribution in [0.3, 0.4) is 0 Å². The summed E-state index contributed by atoms with van der Waals surface area (Å²) >= 11 is 0. The SMILES string of the molecule is COc1ccc(/C=C/C(=O)NC(C)CC(O)c2ccco2)cc1F. The van der Waals surface area contributed by atoms with Gasteiger partial charge in [0.1, 0.15) is 11.9 Å². The van der Waals surface area contributed by atoms with Gasteiger partial charge in [-0.15, -0.1) is 0 Å². The van der Waals surface area contributed by atoms with Crippen molar-refractivity contribution in [3.05, 3.63) is 59.8 Å². The van der Waals surface area contributed by atoms with E-state index in [4.69, 9.17) is 9.15 Å². The van der Waals surface area contributed by atoms with Gasteiger partial charge in [-0.25, -0.2) is 4.39 Å². The summed E-state index contributed by atoms with van der Waals surface area (Å²) in [6.45, 7) is 1.78. The predicted molar refractivity (Wildman–Crippen MR) is 87.9 cm³/mol. The van der Waals surface area contributed by atoms with Crippen LogP contribution in [-0.4, -0.2) is 24.2 Å². The molecular weight excluding hydrogens is 313 g/mol. The molecule has 6 heteroatoms. The van der Waals surface area contributed by atoms with E-state index in [0.29, 0.717) is 17.7 Å². The summed E-state index contributed by atoms with van der Waals surface area (Å²) in [4.78, 5) is 11.9. The maximum atomic E-state index is 13.6. The Kier molecular flexibility index (Phi) is 6.14. The van der Waals surface area contributed by atoms with E-state index in [1.54, 1.807) is 25.1 Å². The Balaban J connectivity index is 1.86. The third-order valence-corrected chi connectivity index (χ3v) is 3.44. The molecule has 0 aliphatic carbocycles. The van der Waals surface area contributed by atoms with E-state index in [9.17, 15) is 14.3 Å². The Bertz CT molecular complexity index is 697. The van der Waals surface area contributed by atoms with E-state index in [2.05, 4.69) is 5.32 Å². The average Bonchev–Trinajstić information content (AvgIpc) is 3.07. The Morgan fingerprint density at radius 2 is 2.25 bits per heavy atom. The number of furan rings is 1. The Morgan fingerprint density at radius 1 is 1.46 bits per heavy atom. The predicted octanol–water partition coefficient (Wildman–Crippen LogP) is 3.07. The quantitative estimate of drug-likeness (QED) is 0.764. The van der Waals surface area contributed by atoms with Gasteiger partial charge in [-0.05, 0) is 42.8 Å². The maximum absolute atomic E-state index is 13.6. The van der Waals surface area contributed by atoms with Crippen LogP contribution in [0.4, 0.5) is 4.39 Å². The number of aliphatic hydroxyl groups is 1. The molecule has 2 unspecified atom stereocenters. The van der Waals surface area contributed by atoms with E-state index < -0.39 is 11.9 Å². The summed E-state index contributed by atoms with van der Waals surface area (Å²) in [7, 11) is 1.39. The molecule has 128 valence electrons. The number of carbonyl (C=O) groups is 1. The molecule has 0 aliphatic heterocycles. The summed E-state index contributed by atoms with van der Waals surface area (Å²) in [5, 5.41) is 12.7. The number of aliphatic hydroxyl groups excluding tert-OH is 1. The van der Waals surface area contributed by atoms with Gasteiger partial charge in [0.25, 0.3) is 0 Å². The van der Waals surface area contributed by atoms with Crippen molar-refractivity contribution in [3.8, 4) is 5.75 Å². The number of methoxy groups -OCH3 is 1. The minimum atomic E-state index is -0.782. The number of hydrogen-bond donors (Lipinski definition) is 2. The van der Waals surface area contributed by atoms with Gasteiger partial charge in [0, 0.05) is 18.5 Å². The Hall–Kier alpha value is -2.60. The molecule has 0 saturated heterocycles. The number of benzene rings is 1. The van der Waals surface area contributed by atoms with E-state index >= 15 is 0 Å². The van der Waals surface area contributed by atoms with Crippen LogP contribution in [-0.2, 0) is 4.79 Å². The highest BCUT2D eigenvalue weighted by molar-refractivity contribution is 5.91. The van der Waals surface area contributed by atoms with Crippen molar-refractivity contribution >= 4 is 12.0 Å². The van der Waals surface area contributed by atoms with Crippen LogP contribution in [0.15, 0.2) is 47.1 Å². The van der Waals surface area contributed by atoms with Crippen LogP contribution < -0.4 is 10.1 Å². The summed E-state index contributed by atoms with van der Waals surface area (Å²) in [6.07, 6.45) is 3.85. The number of carbonyl (C=O) groups excluding carboxylic acids is 1. The van der Waals surface area contributed by atoms with Crippen LogP contribution in [0.25, 0.3) is 6.08 Å². The fourth-order valence-electron chi connectivity index (χ4n) is 2.24. The smallest absolute Gasteiger partial charge is 0.244 e. The highest BCUT2D eigenvalue weighted by Gasteiger charge is 2.15. The monoisotopic (exact) mass is 333 g/mol. The van der Waals surface area contributed by atoms with Gasteiger partial charge in [-0.2, -0.15) is 0 Å². The first kappa shape index (κ1) is 17.7. The molecule has 1 heterocycles. The molecule has 0 spiro atoms. The van der Waals surface area contributed by atoms with Crippen molar-refractivity contribution in [2.24, 2.45) is 0 Å². The highest BCUT2D eigenvalue weighted by atomic mass is 19.1. The van der Waals surface area contributed by atoms with E-state index in [1.807, 2.05) is 0 Å². The lowest BCUT2D eigenvalue weighted by atomic mass is 10.1. The molecule has 5 nitrogen and oxygen atoms in total. The highest BCUT2D eigenvalue weighted by Crippen LogP contribution is 2.19. The van der Waals surface area contributed by atoms with Crippen molar-refractivity contribution in [1.82, 2.24) is 5.32 Å². The van der Waals surface area contributed by atoms with Crippen molar-refractivity contribution in [2.45, 2.75) is 25.5 Å². The first-order valence-electron chi connectivity index (χ1n) is 7.53. The number of rotatable bonds is 7. The molecule has 24 heavy (non-hydrogen) atoms. The number of amides is 1. The Morgan fingerprint density at radius 3 is 2.88 bits per heavy atom. The minimum Gasteiger partial charge on any atom is -0.494 e. The lowest BCUT2D eigenvalue weighted by molar-refractivity contribution is -0.117. The van der Waals surface area contributed by atoms with Crippen molar-refractivity contribution < 1.29 is 23.4 Å². The van der Waals surface area contributed by atoms with Crippen LogP contribution >= 0.6 is 0 Å². The molecular formula is C18H20FNO4.